The van der Waals surface area contributed by atoms with Crippen LogP contribution in [0, 0.1) is 12.7 Å². The van der Waals surface area contributed by atoms with E-state index in [0.717, 1.165) is 24.3 Å². The first-order valence-corrected chi connectivity index (χ1v) is 6.78. The van der Waals surface area contributed by atoms with Crippen LogP contribution in [-0.2, 0) is 6.54 Å². The minimum Gasteiger partial charge on any atom is -0.439 e. The minimum absolute atomic E-state index is 0.0717. The SMILES string of the molecule is CCNCc1ccc(Oc2ccc(Cl)c(F)c2)nc1C. The lowest BCUT2D eigenvalue weighted by molar-refractivity contribution is 0.456. The molecular formula is C15H16ClFN2O. The molecule has 0 atom stereocenters. The molecule has 0 saturated carbocycles. The van der Waals surface area contributed by atoms with Gasteiger partial charge in [-0.3, -0.25) is 0 Å². The summed E-state index contributed by atoms with van der Waals surface area (Å²) in [6.07, 6.45) is 0. The molecule has 1 aromatic carbocycles. The number of aromatic nitrogens is 1. The normalized spacial score (nSPS) is 10.6. The number of nitrogens with zero attached hydrogens (tertiary/aromatic N) is 1. The summed E-state index contributed by atoms with van der Waals surface area (Å²) in [6, 6.07) is 8.03. The highest BCUT2D eigenvalue weighted by Gasteiger charge is 2.06. The van der Waals surface area contributed by atoms with E-state index in [2.05, 4.69) is 17.2 Å². The predicted molar refractivity (Wildman–Crippen MR) is 77.8 cm³/mol. The highest BCUT2D eigenvalue weighted by atomic mass is 35.5. The number of aryl methyl sites for hydroxylation is 1. The first-order chi connectivity index (χ1) is 9.60. The van der Waals surface area contributed by atoms with Crippen LogP contribution in [0.2, 0.25) is 5.02 Å². The Balaban J connectivity index is 2.13. The van der Waals surface area contributed by atoms with Gasteiger partial charge in [-0.25, -0.2) is 9.37 Å². The van der Waals surface area contributed by atoms with Crippen molar-refractivity contribution >= 4 is 11.6 Å². The van der Waals surface area contributed by atoms with Crippen molar-refractivity contribution < 1.29 is 9.13 Å². The molecule has 5 heteroatoms. The van der Waals surface area contributed by atoms with Crippen molar-refractivity contribution in [2.75, 3.05) is 6.54 Å². The van der Waals surface area contributed by atoms with Crippen LogP contribution in [0.1, 0.15) is 18.2 Å². The second-order valence-electron chi connectivity index (χ2n) is 4.35. The number of nitrogens with one attached hydrogen (secondary N) is 1. The van der Waals surface area contributed by atoms with Crippen molar-refractivity contribution in [3.63, 3.8) is 0 Å². The summed E-state index contributed by atoms with van der Waals surface area (Å²) in [5, 5.41) is 3.31. The second-order valence-corrected chi connectivity index (χ2v) is 4.76. The topological polar surface area (TPSA) is 34.1 Å². The van der Waals surface area contributed by atoms with Crippen LogP contribution in [0.3, 0.4) is 0 Å². The van der Waals surface area contributed by atoms with Crippen LogP contribution >= 0.6 is 11.6 Å². The molecule has 0 amide bonds. The average Bonchev–Trinajstić information content (AvgIpc) is 2.42. The molecule has 0 fully saturated rings. The molecule has 1 aromatic heterocycles. The Morgan fingerprint density at radius 3 is 2.75 bits per heavy atom. The van der Waals surface area contributed by atoms with Crippen molar-refractivity contribution in [3.8, 4) is 11.6 Å². The third kappa shape index (κ3) is 3.68. The van der Waals surface area contributed by atoms with Gasteiger partial charge in [0.15, 0.2) is 0 Å². The monoisotopic (exact) mass is 294 g/mol. The molecule has 0 radical (unpaired) electrons. The van der Waals surface area contributed by atoms with E-state index < -0.39 is 5.82 Å². The zero-order valence-electron chi connectivity index (χ0n) is 11.4. The fourth-order valence-electron chi connectivity index (χ4n) is 1.73. The molecule has 0 aliphatic rings. The smallest absolute Gasteiger partial charge is 0.219 e. The lowest BCUT2D eigenvalue weighted by Gasteiger charge is -2.09. The summed E-state index contributed by atoms with van der Waals surface area (Å²) in [6.45, 7) is 5.64. The van der Waals surface area contributed by atoms with Gasteiger partial charge in [-0.05, 0) is 31.2 Å². The largest absolute Gasteiger partial charge is 0.439 e. The minimum atomic E-state index is -0.510. The van der Waals surface area contributed by atoms with Gasteiger partial charge in [-0.15, -0.1) is 0 Å². The first kappa shape index (κ1) is 14.8. The van der Waals surface area contributed by atoms with Crippen LogP contribution in [0.5, 0.6) is 11.6 Å². The van der Waals surface area contributed by atoms with E-state index in [1.165, 1.54) is 12.1 Å². The van der Waals surface area contributed by atoms with Gasteiger partial charge in [0.25, 0.3) is 0 Å². The third-order valence-corrected chi connectivity index (χ3v) is 3.16. The lowest BCUT2D eigenvalue weighted by atomic mass is 10.2. The predicted octanol–water partition coefficient (Wildman–Crippen LogP) is 4.08. The van der Waals surface area contributed by atoms with Crippen molar-refractivity contribution in [2.45, 2.75) is 20.4 Å². The Hall–Kier alpha value is -1.65. The maximum Gasteiger partial charge on any atom is 0.219 e. The fraction of sp³-hybridized carbons (Fsp3) is 0.267. The highest BCUT2D eigenvalue weighted by molar-refractivity contribution is 6.30. The van der Waals surface area contributed by atoms with E-state index in [9.17, 15) is 4.39 Å². The van der Waals surface area contributed by atoms with Crippen LogP contribution in [-0.4, -0.2) is 11.5 Å². The molecule has 3 nitrogen and oxygen atoms in total. The van der Waals surface area contributed by atoms with Gasteiger partial charge < -0.3 is 10.1 Å². The average molecular weight is 295 g/mol. The summed E-state index contributed by atoms with van der Waals surface area (Å²) in [7, 11) is 0. The Morgan fingerprint density at radius 2 is 2.10 bits per heavy atom. The summed E-state index contributed by atoms with van der Waals surface area (Å²) in [5.41, 5.74) is 2.00. The van der Waals surface area contributed by atoms with Crippen LogP contribution in [0.25, 0.3) is 0 Å². The molecule has 20 heavy (non-hydrogen) atoms. The molecule has 1 heterocycles. The van der Waals surface area contributed by atoms with E-state index in [-0.39, 0.29) is 5.02 Å². The van der Waals surface area contributed by atoms with Crippen LogP contribution in [0.15, 0.2) is 30.3 Å². The molecule has 2 rings (SSSR count). The van der Waals surface area contributed by atoms with Crippen molar-refractivity contribution in [2.24, 2.45) is 0 Å². The van der Waals surface area contributed by atoms with E-state index in [1.807, 2.05) is 13.0 Å². The van der Waals surface area contributed by atoms with Gasteiger partial charge in [0.05, 0.1) is 5.02 Å². The van der Waals surface area contributed by atoms with E-state index in [0.29, 0.717) is 11.6 Å². The van der Waals surface area contributed by atoms with Crippen LogP contribution < -0.4 is 10.1 Å². The van der Waals surface area contributed by atoms with Crippen molar-refractivity contribution in [1.29, 1.82) is 0 Å². The third-order valence-electron chi connectivity index (χ3n) is 2.85. The van der Waals surface area contributed by atoms with Gasteiger partial charge in [0.2, 0.25) is 5.88 Å². The Bertz CT molecular complexity index is 604. The fourth-order valence-corrected chi connectivity index (χ4v) is 1.85. The number of benzene rings is 1. The molecule has 2 aromatic rings. The zero-order valence-corrected chi connectivity index (χ0v) is 12.2. The first-order valence-electron chi connectivity index (χ1n) is 6.40. The van der Waals surface area contributed by atoms with Gasteiger partial charge in [-0.2, -0.15) is 0 Å². The van der Waals surface area contributed by atoms with Crippen molar-refractivity contribution in [3.05, 3.63) is 52.4 Å². The molecule has 0 saturated heterocycles. The number of hydrogen-bond donors (Lipinski definition) is 1. The molecule has 0 aliphatic carbocycles. The van der Waals surface area contributed by atoms with Gasteiger partial charge in [-0.1, -0.05) is 24.6 Å². The summed E-state index contributed by atoms with van der Waals surface area (Å²) >= 11 is 5.63. The number of ether oxygens (including phenoxy) is 1. The number of hydrogen-bond acceptors (Lipinski definition) is 3. The molecule has 0 bridgehead atoms. The Labute approximate surface area is 122 Å². The van der Waals surface area contributed by atoms with E-state index >= 15 is 0 Å². The second kappa shape index (κ2) is 6.68. The van der Waals surface area contributed by atoms with Gasteiger partial charge >= 0.3 is 0 Å². The number of halogens is 2. The quantitative estimate of drug-likeness (QED) is 0.902. The van der Waals surface area contributed by atoms with Crippen LogP contribution in [0.4, 0.5) is 4.39 Å². The maximum absolute atomic E-state index is 13.3. The molecular weight excluding hydrogens is 279 g/mol. The Kier molecular flexibility index (Phi) is 4.93. The zero-order chi connectivity index (χ0) is 14.5. The van der Waals surface area contributed by atoms with Crippen molar-refractivity contribution in [1.82, 2.24) is 10.3 Å². The summed E-state index contributed by atoms with van der Waals surface area (Å²) in [4.78, 5) is 4.36. The molecule has 0 spiro atoms. The van der Waals surface area contributed by atoms with E-state index in [1.54, 1.807) is 12.1 Å². The molecule has 0 unspecified atom stereocenters. The molecule has 106 valence electrons. The summed E-state index contributed by atoms with van der Waals surface area (Å²) in [5.74, 6) is 0.298. The Morgan fingerprint density at radius 1 is 1.30 bits per heavy atom. The molecule has 0 aliphatic heterocycles. The summed E-state index contributed by atoms with van der Waals surface area (Å²) < 4.78 is 18.8. The lowest BCUT2D eigenvalue weighted by Crippen LogP contribution is -2.13. The standard InChI is InChI=1S/C15H16ClFN2O/c1-3-18-9-11-4-7-15(19-10(11)2)20-12-5-6-13(16)14(17)8-12/h4-8,18H,3,9H2,1-2H3. The number of rotatable bonds is 5. The van der Waals surface area contributed by atoms with E-state index in [4.69, 9.17) is 16.3 Å². The molecule has 1 N–H and O–H groups in total. The highest BCUT2D eigenvalue weighted by Crippen LogP contribution is 2.25. The number of pyridine rings is 1. The maximum atomic E-state index is 13.3. The van der Waals surface area contributed by atoms with Gasteiger partial charge in [0, 0.05) is 24.4 Å². The van der Waals surface area contributed by atoms with Gasteiger partial charge in [0.1, 0.15) is 11.6 Å².